The third-order valence-electron chi connectivity index (χ3n) is 3.79. The number of benzene rings is 2. The summed E-state index contributed by atoms with van der Waals surface area (Å²) in [6, 6.07) is 13.8. The highest BCUT2D eigenvalue weighted by Gasteiger charge is 2.19. The van der Waals surface area contributed by atoms with Gasteiger partial charge in [-0.1, -0.05) is 29.8 Å². The van der Waals surface area contributed by atoms with Crippen molar-refractivity contribution in [2.24, 2.45) is 0 Å². The predicted molar refractivity (Wildman–Crippen MR) is 108 cm³/mol. The molecule has 8 heteroatoms. The minimum absolute atomic E-state index is 0.0192. The molecule has 144 valence electrons. The summed E-state index contributed by atoms with van der Waals surface area (Å²) in [5.74, 6) is -0.269. The molecule has 0 bridgehead atoms. The van der Waals surface area contributed by atoms with E-state index in [1.807, 2.05) is 0 Å². The number of rotatable bonds is 6. The van der Waals surface area contributed by atoms with Crippen LogP contribution in [0.2, 0.25) is 5.02 Å². The first kappa shape index (κ1) is 19.9. The Hall–Kier alpha value is -2.90. The average molecular weight is 417 g/mol. The molecular formula is C20H17ClN2O4S. The molecule has 2 aromatic carbocycles. The monoisotopic (exact) mass is 416 g/mol. The van der Waals surface area contributed by atoms with Gasteiger partial charge >= 0.3 is 5.97 Å². The number of thiazole rings is 1. The number of hydrogen-bond donors (Lipinski definition) is 0. The van der Waals surface area contributed by atoms with Gasteiger partial charge in [0.1, 0.15) is 17.9 Å². The van der Waals surface area contributed by atoms with Crippen molar-refractivity contribution in [2.45, 2.75) is 13.5 Å². The van der Waals surface area contributed by atoms with Crippen LogP contribution in [0.15, 0.2) is 53.9 Å². The molecule has 0 spiro atoms. The number of methoxy groups -OCH3 is 1. The molecule has 0 unspecified atom stereocenters. The highest BCUT2D eigenvalue weighted by molar-refractivity contribution is 7.14. The number of carbonyl (C=O) groups is 2. The zero-order valence-corrected chi connectivity index (χ0v) is 16.8. The van der Waals surface area contributed by atoms with Crippen molar-refractivity contribution in [3.05, 3.63) is 70.2 Å². The Morgan fingerprint density at radius 2 is 1.96 bits per heavy atom. The lowest BCUT2D eigenvalue weighted by molar-refractivity contribution is -0.115. The SMILES string of the molecule is COc1ccccc1C(=O)OCc1csc(N(C(C)=O)c2cccc(Cl)c2)n1. The Bertz CT molecular complexity index is 1010. The quantitative estimate of drug-likeness (QED) is 0.537. The first-order valence-electron chi connectivity index (χ1n) is 8.30. The molecule has 0 atom stereocenters. The van der Waals surface area contributed by atoms with E-state index in [9.17, 15) is 9.59 Å². The van der Waals surface area contributed by atoms with Crippen LogP contribution in [0.3, 0.4) is 0 Å². The second-order valence-electron chi connectivity index (χ2n) is 5.73. The van der Waals surface area contributed by atoms with E-state index in [1.165, 1.54) is 30.3 Å². The minimum atomic E-state index is -0.509. The Morgan fingerprint density at radius 3 is 2.68 bits per heavy atom. The number of hydrogen-bond acceptors (Lipinski definition) is 6. The summed E-state index contributed by atoms with van der Waals surface area (Å²) in [5.41, 5.74) is 1.49. The molecule has 0 N–H and O–H groups in total. The van der Waals surface area contributed by atoms with E-state index >= 15 is 0 Å². The molecule has 1 heterocycles. The van der Waals surface area contributed by atoms with Crippen molar-refractivity contribution >= 4 is 45.6 Å². The van der Waals surface area contributed by atoms with E-state index in [0.29, 0.717) is 32.8 Å². The lowest BCUT2D eigenvalue weighted by Crippen LogP contribution is -2.22. The van der Waals surface area contributed by atoms with Gasteiger partial charge in [-0.2, -0.15) is 0 Å². The summed E-state index contributed by atoms with van der Waals surface area (Å²) >= 11 is 7.31. The van der Waals surface area contributed by atoms with Crippen molar-refractivity contribution < 1.29 is 19.1 Å². The highest BCUT2D eigenvalue weighted by Crippen LogP contribution is 2.30. The van der Waals surface area contributed by atoms with Crippen LogP contribution in [0, 0.1) is 0 Å². The normalized spacial score (nSPS) is 10.4. The predicted octanol–water partition coefficient (Wildman–Crippen LogP) is 4.85. The maximum absolute atomic E-state index is 12.3. The largest absolute Gasteiger partial charge is 0.496 e. The summed E-state index contributed by atoms with van der Waals surface area (Å²) < 4.78 is 10.5. The number of anilines is 2. The highest BCUT2D eigenvalue weighted by atomic mass is 35.5. The molecule has 0 fully saturated rings. The van der Waals surface area contributed by atoms with Crippen LogP contribution < -0.4 is 9.64 Å². The molecule has 0 saturated heterocycles. The summed E-state index contributed by atoms with van der Waals surface area (Å²) in [6.45, 7) is 1.43. The molecule has 1 amide bonds. The van der Waals surface area contributed by atoms with Crippen molar-refractivity contribution in [1.82, 2.24) is 4.98 Å². The number of amides is 1. The van der Waals surface area contributed by atoms with Crippen LogP contribution in [0.25, 0.3) is 0 Å². The standard InChI is InChI=1S/C20H17ClN2O4S/c1-13(24)23(16-7-5-6-14(21)10-16)20-22-15(12-28-20)11-27-19(25)17-8-3-4-9-18(17)26-2/h3-10,12H,11H2,1-2H3. The summed E-state index contributed by atoms with van der Waals surface area (Å²) in [5, 5.41) is 2.73. The number of nitrogens with zero attached hydrogens (tertiary/aromatic N) is 2. The number of para-hydroxylation sites is 1. The molecule has 3 rings (SSSR count). The first-order chi connectivity index (χ1) is 13.5. The van der Waals surface area contributed by atoms with Crippen LogP contribution >= 0.6 is 22.9 Å². The van der Waals surface area contributed by atoms with Crippen LogP contribution in [-0.4, -0.2) is 24.0 Å². The average Bonchev–Trinajstić information content (AvgIpc) is 3.14. The Morgan fingerprint density at radius 1 is 1.18 bits per heavy atom. The lowest BCUT2D eigenvalue weighted by Gasteiger charge is -2.18. The van der Waals surface area contributed by atoms with Gasteiger partial charge in [0.25, 0.3) is 0 Å². The van der Waals surface area contributed by atoms with Gasteiger partial charge in [-0.25, -0.2) is 9.78 Å². The van der Waals surface area contributed by atoms with Gasteiger partial charge in [-0.3, -0.25) is 9.69 Å². The van der Waals surface area contributed by atoms with Gasteiger partial charge in [0.15, 0.2) is 5.13 Å². The molecule has 3 aromatic rings. The fraction of sp³-hybridized carbons (Fsp3) is 0.150. The zero-order chi connectivity index (χ0) is 20.1. The van der Waals surface area contributed by atoms with Crippen molar-refractivity contribution in [3.8, 4) is 5.75 Å². The molecule has 0 aliphatic carbocycles. The summed E-state index contributed by atoms with van der Waals surface area (Å²) in [7, 11) is 1.49. The first-order valence-corrected chi connectivity index (χ1v) is 9.56. The van der Waals surface area contributed by atoms with Gasteiger partial charge in [0.2, 0.25) is 5.91 Å². The van der Waals surface area contributed by atoms with Gasteiger partial charge < -0.3 is 9.47 Å². The number of esters is 1. The molecule has 1 aromatic heterocycles. The van der Waals surface area contributed by atoms with E-state index in [4.69, 9.17) is 21.1 Å². The lowest BCUT2D eigenvalue weighted by atomic mass is 10.2. The van der Waals surface area contributed by atoms with Crippen LogP contribution in [0.4, 0.5) is 10.8 Å². The number of carbonyl (C=O) groups excluding carboxylic acids is 2. The molecule has 28 heavy (non-hydrogen) atoms. The Labute approximate surface area is 171 Å². The number of halogens is 1. The Kier molecular flexibility index (Phi) is 6.28. The van der Waals surface area contributed by atoms with Crippen LogP contribution in [0.5, 0.6) is 5.75 Å². The maximum Gasteiger partial charge on any atom is 0.342 e. The second-order valence-corrected chi connectivity index (χ2v) is 7.01. The third kappa shape index (κ3) is 4.49. The molecule has 0 aliphatic rings. The summed E-state index contributed by atoms with van der Waals surface area (Å²) in [6.07, 6.45) is 0. The minimum Gasteiger partial charge on any atom is -0.496 e. The van der Waals surface area contributed by atoms with Gasteiger partial charge in [0.05, 0.1) is 18.5 Å². The van der Waals surface area contributed by atoms with Gasteiger partial charge in [-0.15, -0.1) is 11.3 Å². The van der Waals surface area contributed by atoms with Crippen molar-refractivity contribution in [2.75, 3.05) is 12.0 Å². The molecule has 0 radical (unpaired) electrons. The van der Waals surface area contributed by atoms with E-state index in [2.05, 4.69) is 4.98 Å². The fourth-order valence-electron chi connectivity index (χ4n) is 2.54. The van der Waals surface area contributed by atoms with Gasteiger partial charge in [0, 0.05) is 17.3 Å². The zero-order valence-electron chi connectivity index (χ0n) is 15.2. The van der Waals surface area contributed by atoms with E-state index in [-0.39, 0.29) is 12.5 Å². The van der Waals surface area contributed by atoms with Crippen molar-refractivity contribution in [3.63, 3.8) is 0 Å². The third-order valence-corrected chi connectivity index (χ3v) is 4.90. The topological polar surface area (TPSA) is 68.7 Å². The maximum atomic E-state index is 12.3. The van der Waals surface area contributed by atoms with Crippen molar-refractivity contribution in [1.29, 1.82) is 0 Å². The van der Waals surface area contributed by atoms with Crippen LogP contribution in [0.1, 0.15) is 23.0 Å². The van der Waals surface area contributed by atoms with Gasteiger partial charge in [-0.05, 0) is 30.3 Å². The number of aromatic nitrogens is 1. The molecule has 6 nitrogen and oxygen atoms in total. The molecule has 0 saturated carbocycles. The summed E-state index contributed by atoms with van der Waals surface area (Å²) in [4.78, 5) is 30.3. The number of ether oxygens (including phenoxy) is 2. The molecule has 0 aliphatic heterocycles. The van der Waals surface area contributed by atoms with Crippen LogP contribution in [-0.2, 0) is 16.1 Å². The second kappa shape index (κ2) is 8.86. The Balaban J connectivity index is 1.74. The van der Waals surface area contributed by atoms with E-state index in [1.54, 1.807) is 53.9 Å². The fourth-order valence-corrected chi connectivity index (χ4v) is 3.59. The molecular weight excluding hydrogens is 400 g/mol. The van der Waals surface area contributed by atoms with E-state index < -0.39 is 5.97 Å². The smallest absolute Gasteiger partial charge is 0.342 e. The van der Waals surface area contributed by atoms with E-state index in [0.717, 1.165) is 0 Å².